The second-order valence-electron chi connectivity index (χ2n) is 16.2. The summed E-state index contributed by atoms with van der Waals surface area (Å²) in [5.41, 5.74) is 9.94. The molecule has 4 heterocycles. The minimum Gasteiger partial charge on any atom is -0.378 e. The number of hydrogen-bond donors (Lipinski definition) is 0. The summed E-state index contributed by atoms with van der Waals surface area (Å²) in [4.78, 5) is 5.04. The third kappa shape index (κ3) is 18.8. The summed E-state index contributed by atoms with van der Waals surface area (Å²) >= 11 is 7.86. The third-order valence-electron chi connectivity index (χ3n) is 11.3. The van der Waals surface area contributed by atoms with Crippen molar-refractivity contribution in [1.82, 2.24) is 0 Å². The highest BCUT2D eigenvalue weighted by Gasteiger charge is 2.11. The molecule has 0 saturated carbocycles. The fourth-order valence-electron chi connectivity index (χ4n) is 7.56. The van der Waals surface area contributed by atoms with Crippen molar-refractivity contribution in [1.29, 1.82) is 0 Å². The van der Waals surface area contributed by atoms with Gasteiger partial charge < -0.3 is 28.7 Å². The summed E-state index contributed by atoms with van der Waals surface area (Å²) < 4.78 is 27.3. The molecule has 12 heteroatoms. The van der Waals surface area contributed by atoms with Crippen LogP contribution in [0.4, 0.5) is 11.4 Å². The van der Waals surface area contributed by atoms with E-state index < -0.39 is 0 Å². The average Bonchev–Trinajstić information content (AvgIpc) is 3.37. The van der Waals surface area contributed by atoms with Gasteiger partial charge in [-0.1, -0.05) is 66.8 Å². The van der Waals surface area contributed by atoms with E-state index in [0.717, 1.165) is 112 Å². The number of pyridine rings is 2. The lowest BCUT2D eigenvalue weighted by Gasteiger charge is -2.25. The van der Waals surface area contributed by atoms with E-state index in [-0.39, 0.29) is 0 Å². The molecule has 0 atom stereocenters. The van der Waals surface area contributed by atoms with Crippen LogP contribution >= 0.6 is 47.0 Å². The number of hydrogen-bond acceptors (Lipinski definition) is 10. The van der Waals surface area contributed by atoms with Crippen LogP contribution in [-0.4, -0.2) is 125 Å². The Balaban J connectivity index is 0.859. The molecular weight excluding hydrogens is 897 g/mol. The smallest absolute Gasteiger partial charge is 0.173 e. The Labute approximate surface area is 411 Å². The van der Waals surface area contributed by atoms with Crippen LogP contribution < -0.4 is 18.9 Å². The first kappa shape index (κ1) is 50.2. The fraction of sp³-hybridized carbons (Fsp3) is 0.407. The van der Waals surface area contributed by atoms with Crippen molar-refractivity contribution in [3.05, 3.63) is 155 Å². The maximum Gasteiger partial charge on any atom is 0.173 e. The molecule has 0 unspecified atom stereocenters. The van der Waals surface area contributed by atoms with E-state index in [1.165, 1.54) is 44.8 Å². The van der Waals surface area contributed by atoms with Crippen LogP contribution in [0.25, 0.3) is 24.3 Å². The van der Waals surface area contributed by atoms with Crippen LogP contribution in [0.2, 0.25) is 0 Å². The predicted octanol–water partition coefficient (Wildman–Crippen LogP) is 9.34. The molecule has 2 fully saturated rings. The van der Waals surface area contributed by atoms with Crippen molar-refractivity contribution < 1.29 is 28.1 Å². The molecule has 66 heavy (non-hydrogen) atoms. The van der Waals surface area contributed by atoms with Crippen molar-refractivity contribution in [2.45, 2.75) is 13.1 Å². The molecule has 7 rings (SSSR count). The van der Waals surface area contributed by atoms with Gasteiger partial charge in [0, 0.05) is 119 Å². The molecule has 2 aliphatic rings. The monoisotopic (exact) mass is 964 g/mol. The van der Waals surface area contributed by atoms with E-state index in [2.05, 4.69) is 165 Å². The van der Waals surface area contributed by atoms with Crippen molar-refractivity contribution in [2.75, 3.05) is 135 Å². The van der Waals surface area contributed by atoms with Gasteiger partial charge in [-0.3, -0.25) is 0 Å². The minimum atomic E-state index is 0.695. The Morgan fingerprint density at radius 1 is 0.379 bits per heavy atom. The molecular formula is C54H68N4O4S4+2. The lowest BCUT2D eigenvalue weighted by Crippen LogP contribution is -2.34. The van der Waals surface area contributed by atoms with E-state index in [1.54, 1.807) is 0 Å². The van der Waals surface area contributed by atoms with Crippen LogP contribution in [0.15, 0.2) is 122 Å². The number of aromatic nitrogens is 2. The number of ether oxygens (including phenoxy) is 4. The van der Waals surface area contributed by atoms with Gasteiger partial charge in [0.1, 0.15) is 0 Å². The molecule has 3 aromatic carbocycles. The summed E-state index contributed by atoms with van der Waals surface area (Å²) in [6.07, 6.45) is 17.5. The van der Waals surface area contributed by atoms with Gasteiger partial charge in [0.15, 0.2) is 37.9 Å². The van der Waals surface area contributed by atoms with E-state index in [4.69, 9.17) is 18.9 Å². The van der Waals surface area contributed by atoms with Crippen molar-refractivity contribution in [3.63, 3.8) is 0 Å². The second kappa shape index (κ2) is 29.9. The molecule has 8 nitrogen and oxygen atoms in total. The lowest BCUT2D eigenvalue weighted by molar-refractivity contribution is -0.689. The summed E-state index contributed by atoms with van der Waals surface area (Å²) in [5.74, 6) is 8.51. The Morgan fingerprint density at radius 2 is 0.697 bits per heavy atom. The zero-order chi connectivity index (χ0) is 45.1. The first-order valence-electron chi connectivity index (χ1n) is 23.5. The van der Waals surface area contributed by atoms with Crippen LogP contribution in [0.3, 0.4) is 0 Å². The van der Waals surface area contributed by atoms with Crippen molar-refractivity contribution in [3.8, 4) is 0 Å². The van der Waals surface area contributed by atoms with Gasteiger partial charge in [-0.15, -0.1) is 0 Å². The minimum absolute atomic E-state index is 0.695. The van der Waals surface area contributed by atoms with Crippen molar-refractivity contribution >= 4 is 82.7 Å². The number of benzene rings is 3. The molecule has 0 bridgehead atoms. The highest BCUT2D eigenvalue weighted by Crippen LogP contribution is 2.21. The highest BCUT2D eigenvalue weighted by atomic mass is 32.2. The second-order valence-corrected chi connectivity index (χ2v) is 21.0. The summed E-state index contributed by atoms with van der Waals surface area (Å²) in [6.45, 7) is 11.8. The summed E-state index contributed by atoms with van der Waals surface area (Å²) in [6, 6.07) is 35.7. The standard InChI is InChI=1S/C54H68N4O4S4/c1-2-51(45-55-20-16-49(17-21-55)6-4-47-8-12-53(13-9-47)57-24-36-63-40-32-59-28-29-60-33-41-64-37-25-57)44-52(3-1)46-56-22-18-50(19-23-56)7-5-48-10-14-54(15-11-48)58-26-38-65-42-34-61-30-31-62-35-43-66-39-27-58/h1-23,44H,24-43,45-46H2/q+2. The quantitative estimate of drug-likeness (QED) is 0.127. The maximum atomic E-state index is 5.70. The SMILES string of the molecule is C(=C\c1cc[n+](Cc2cccc(C[n+]3ccc(/C=C/c4ccc(N5CCSCCOCCOCCSCC5)cc4)cc3)c2)cc1)/c1ccc(N2CCSCCOCCOCCSCC2)cc1. The topological polar surface area (TPSA) is 51.2 Å². The number of rotatable bonds is 10. The Morgan fingerprint density at radius 3 is 1.03 bits per heavy atom. The van der Waals surface area contributed by atoms with E-state index in [9.17, 15) is 0 Å². The molecule has 0 radical (unpaired) electrons. The first-order valence-corrected chi connectivity index (χ1v) is 28.1. The van der Waals surface area contributed by atoms with Gasteiger partial charge in [0.05, 0.1) is 52.9 Å². The molecule has 2 saturated heterocycles. The van der Waals surface area contributed by atoms with Gasteiger partial charge in [-0.2, -0.15) is 47.0 Å². The van der Waals surface area contributed by atoms with Crippen molar-refractivity contribution in [2.24, 2.45) is 0 Å². The third-order valence-corrected chi connectivity index (χ3v) is 15.0. The van der Waals surface area contributed by atoms with Crippen LogP contribution in [0.1, 0.15) is 33.4 Å². The number of thioether (sulfide) groups is 4. The Kier molecular flexibility index (Phi) is 22.7. The lowest BCUT2D eigenvalue weighted by atomic mass is 10.1. The van der Waals surface area contributed by atoms with Crippen LogP contribution in [0.5, 0.6) is 0 Å². The molecule has 0 amide bonds. The molecule has 0 aliphatic carbocycles. The van der Waals surface area contributed by atoms with E-state index in [1.807, 2.05) is 47.0 Å². The summed E-state index contributed by atoms with van der Waals surface area (Å²) in [7, 11) is 0. The molecule has 2 aliphatic heterocycles. The van der Waals surface area contributed by atoms with Crippen LogP contribution in [0, 0.1) is 0 Å². The zero-order valence-electron chi connectivity index (χ0n) is 38.5. The molecule has 0 spiro atoms. The van der Waals surface area contributed by atoms with Gasteiger partial charge in [0.25, 0.3) is 0 Å². The Hall–Kier alpha value is -3.72. The average molecular weight is 965 g/mol. The fourth-order valence-corrected chi connectivity index (χ4v) is 10.7. The number of nitrogens with zero attached hydrogens (tertiary/aromatic N) is 4. The van der Waals surface area contributed by atoms with Gasteiger partial charge in [0.2, 0.25) is 0 Å². The molecule has 5 aromatic rings. The largest absolute Gasteiger partial charge is 0.378 e. The summed E-state index contributed by atoms with van der Waals surface area (Å²) in [5, 5.41) is 0. The van der Waals surface area contributed by atoms with E-state index in [0.29, 0.717) is 26.4 Å². The van der Waals surface area contributed by atoms with E-state index >= 15 is 0 Å². The van der Waals surface area contributed by atoms with Gasteiger partial charge >= 0.3 is 0 Å². The zero-order valence-corrected chi connectivity index (χ0v) is 41.7. The first-order chi connectivity index (χ1) is 32.7. The molecule has 2 aromatic heterocycles. The maximum absolute atomic E-state index is 5.70. The van der Waals surface area contributed by atoms with Gasteiger partial charge in [-0.05, 0) is 52.6 Å². The molecule has 0 N–H and O–H groups in total. The molecule has 350 valence electrons. The Bertz CT molecular complexity index is 1980. The highest BCUT2D eigenvalue weighted by molar-refractivity contribution is 8.00. The number of anilines is 2. The van der Waals surface area contributed by atoms with Gasteiger partial charge in [-0.25, -0.2) is 9.13 Å². The normalized spacial score (nSPS) is 17.8. The van der Waals surface area contributed by atoms with Crippen LogP contribution in [-0.2, 0) is 32.0 Å². The predicted molar refractivity (Wildman–Crippen MR) is 286 cm³/mol.